The first-order valence-electron chi connectivity index (χ1n) is 5.27. The summed E-state index contributed by atoms with van der Waals surface area (Å²) in [6, 6.07) is 0. The van der Waals surface area contributed by atoms with Gasteiger partial charge in [0.2, 0.25) is 0 Å². The van der Waals surface area contributed by atoms with E-state index >= 15 is 0 Å². The predicted octanol–water partition coefficient (Wildman–Crippen LogP) is 2.03. The minimum atomic E-state index is -0.333. The largest absolute Gasteiger partial charge is 0.551 e. The first-order chi connectivity index (χ1) is 6.41. The van der Waals surface area contributed by atoms with E-state index in [0.717, 1.165) is 0 Å². The van der Waals surface area contributed by atoms with Gasteiger partial charge in [0.1, 0.15) is 0 Å². The third kappa shape index (κ3) is 1.82. The van der Waals surface area contributed by atoms with Crippen LogP contribution in [0.5, 0.6) is 0 Å². The summed E-state index contributed by atoms with van der Waals surface area (Å²) < 4.78 is 11.5. The van der Waals surface area contributed by atoms with E-state index in [1.165, 1.54) is 12.8 Å². The molecule has 3 heteroatoms. The lowest BCUT2D eigenvalue weighted by Crippen LogP contribution is -2.41. The molecule has 0 spiro atoms. The van der Waals surface area contributed by atoms with E-state index in [0.29, 0.717) is 5.92 Å². The molecule has 2 nitrogen and oxygen atoms in total. The third-order valence-corrected chi connectivity index (χ3v) is 3.24. The van der Waals surface area contributed by atoms with Gasteiger partial charge in [-0.25, -0.2) is 0 Å². The van der Waals surface area contributed by atoms with Gasteiger partial charge in [0, 0.05) is 5.92 Å². The van der Waals surface area contributed by atoms with Crippen LogP contribution in [0.15, 0.2) is 0 Å². The molecule has 0 N–H and O–H groups in total. The Labute approximate surface area is 86.5 Å². The Morgan fingerprint density at radius 2 is 1.57 bits per heavy atom. The maximum Gasteiger partial charge on any atom is 0.551 e. The zero-order valence-corrected chi connectivity index (χ0v) is 9.39. The van der Waals surface area contributed by atoms with Crippen molar-refractivity contribution in [1.82, 2.24) is 0 Å². The van der Waals surface area contributed by atoms with Crippen LogP contribution in [-0.4, -0.2) is 18.3 Å². The highest BCUT2D eigenvalue weighted by Gasteiger charge is 2.50. The van der Waals surface area contributed by atoms with Crippen LogP contribution < -0.4 is 0 Å². The molecule has 1 aliphatic heterocycles. The fourth-order valence-electron chi connectivity index (χ4n) is 1.32. The lowest BCUT2D eigenvalue weighted by molar-refractivity contribution is 0.00578. The predicted molar refractivity (Wildman–Crippen MR) is 56.6 cm³/mol. The van der Waals surface area contributed by atoms with Gasteiger partial charge in [0.25, 0.3) is 0 Å². The van der Waals surface area contributed by atoms with Crippen LogP contribution in [0.1, 0.15) is 40.5 Å². The molecule has 1 saturated carbocycles. The molecule has 0 amide bonds. The summed E-state index contributed by atoms with van der Waals surface area (Å²) in [5, 5.41) is 0. The van der Waals surface area contributed by atoms with Gasteiger partial charge in [0.15, 0.2) is 0 Å². The van der Waals surface area contributed by atoms with Crippen molar-refractivity contribution >= 4 is 7.12 Å². The first-order valence-corrected chi connectivity index (χ1v) is 5.27. The average Bonchev–Trinajstić information content (AvgIpc) is 2.77. The molecule has 1 aliphatic carbocycles. The number of hydrogen-bond donors (Lipinski definition) is 0. The minimum absolute atomic E-state index is 0.254. The molecule has 0 atom stereocenters. The average molecular weight is 192 g/mol. The maximum atomic E-state index is 5.75. The highest BCUT2D eigenvalue weighted by atomic mass is 16.7. The van der Waals surface area contributed by atoms with Crippen molar-refractivity contribution in [2.24, 2.45) is 5.92 Å². The van der Waals surface area contributed by atoms with Gasteiger partial charge in [-0.3, -0.25) is 0 Å². The van der Waals surface area contributed by atoms with Crippen molar-refractivity contribution in [2.45, 2.75) is 51.7 Å². The van der Waals surface area contributed by atoms with Crippen molar-refractivity contribution < 1.29 is 9.31 Å². The van der Waals surface area contributed by atoms with Gasteiger partial charge in [-0.15, -0.1) is 5.92 Å². The molecule has 2 fully saturated rings. The van der Waals surface area contributed by atoms with Crippen LogP contribution in [-0.2, 0) is 9.31 Å². The van der Waals surface area contributed by atoms with Gasteiger partial charge < -0.3 is 9.31 Å². The highest BCUT2D eigenvalue weighted by molar-refractivity contribution is 6.55. The summed E-state index contributed by atoms with van der Waals surface area (Å²) >= 11 is 0. The van der Waals surface area contributed by atoms with E-state index in [4.69, 9.17) is 9.31 Å². The fraction of sp³-hybridized carbons (Fsp3) is 0.818. The Balaban J connectivity index is 2.03. The summed E-state index contributed by atoms with van der Waals surface area (Å²) in [5.74, 6) is 6.84. The van der Waals surface area contributed by atoms with Gasteiger partial charge in [-0.05, 0) is 40.5 Å². The van der Waals surface area contributed by atoms with E-state index in [-0.39, 0.29) is 18.3 Å². The van der Waals surface area contributed by atoms with E-state index < -0.39 is 0 Å². The van der Waals surface area contributed by atoms with Crippen molar-refractivity contribution in [3.63, 3.8) is 0 Å². The summed E-state index contributed by atoms with van der Waals surface area (Å²) in [7, 11) is -0.333. The van der Waals surface area contributed by atoms with Crippen LogP contribution in [0.25, 0.3) is 0 Å². The maximum absolute atomic E-state index is 5.75. The molecule has 1 heterocycles. The summed E-state index contributed by atoms with van der Waals surface area (Å²) in [5.41, 5.74) is -0.508. The zero-order valence-electron chi connectivity index (χ0n) is 9.39. The number of hydrogen-bond acceptors (Lipinski definition) is 2. The topological polar surface area (TPSA) is 18.5 Å². The Kier molecular flexibility index (Phi) is 2.17. The van der Waals surface area contributed by atoms with Crippen LogP contribution in [0.4, 0.5) is 0 Å². The van der Waals surface area contributed by atoms with E-state index in [9.17, 15) is 0 Å². The van der Waals surface area contributed by atoms with Crippen molar-refractivity contribution in [1.29, 1.82) is 0 Å². The first kappa shape index (κ1) is 10.1. The normalized spacial score (nSPS) is 28.4. The molecule has 0 aromatic heterocycles. The molecule has 0 bridgehead atoms. The van der Waals surface area contributed by atoms with Crippen molar-refractivity contribution in [2.75, 3.05) is 0 Å². The highest BCUT2D eigenvalue weighted by Crippen LogP contribution is 2.36. The second kappa shape index (κ2) is 3.02. The van der Waals surface area contributed by atoms with Crippen LogP contribution in [0.3, 0.4) is 0 Å². The van der Waals surface area contributed by atoms with E-state index in [2.05, 4.69) is 11.7 Å². The molecule has 2 aliphatic rings. The summed E-state index contributed by atoms with van der Waals surface area (Å²) in [6.45, 7) is 8.19. The molecule has 14 heavy (non-hydrogen) atoms. The van der Waals surface area contributed by atoms with Crippen molar-refractivity contribution in [3.05, 3.63) is 0 Å². The van der Waals surface area contributed by atoms with E-state index in [1.54, 1.807) is 0 Å². The minimum Gasteiger partial charge on any atom is -0.392 e. The molecule has 0 aromatic carbocycles. The summed E-state index contributed by atoms with van der Waals surface area (Å²) in [6.07, 6.45) is 2.49. The SMILES string of the molecule is CC1(C)OB(C#CC2CC2)OC1(C)C. The van der Waals surface area contributed by atoms with Crippen LogP contribution >= 0.6 is 0 Å². The van der Waals surface area contributed by atoms with Gasteiger partial charge in [-0.2, -0.15) is 0 Å². The van der Waals surface area contributed by atoms with E-state index in [1.807, 2.05) is 27.7 Å². The second-order valence-electron chi connectivity index (χ2n) is 5.15. The lowest BCUT2D eigenvalue weighted by atomic mass is 9.90. The molecule has 2 rings (SSSR count). The van der Waals surface area contributed by atoms with Gasteiger partial charge in [-0.1, -0.05) is 5.82 Å². The monoisotopic (exact) mass is 192 g/mol. The zero-order chi connectivity index (χ0) is 10.4. The smallest absolute Gasteiger partial charge is 0.392 e. The quantitative estimate of drug-likeness (QED) is 0.431. The molecular weight excluding hydrogens is 175 g/mol. The summed E-state index contributed by atoms with van der Waals surface area (Å²) in [4.78, 5) is 0. The molecule has 0 radical (unpaired) electrons. The molecule has 76 valence electrons. The van der Waals surface area contributed by atoms with Gasteiger partial charge in [0.05, 0.1) is 11.2 Å². The van der Waals surface area contributed by atoms with Crippen molar-refractivity contribution in [3.8, 4) is 11.7 Å². The lowest BCUT2D eigenvalue weighted by Gasteiger charge is -2.32. The Bertz CT molecular complexity index is 278. The molecular formula is C11H17BO2. The third-order valence-electron chi connectivity index (χ3n) is 3.24. The molecule has 0 aromatic rings. The number of rotatable bonds is 0. The van der Waals surface area contributed by atoms with Crippen LogP contribution in [0.2, 0.25) is 0 Å². The van der Waals surface area contributed by atoms with Gasteiger partial charge >= 0.3 is 7.12 Å². The molecule has 0 unspecified atom stereocenters. The van der Waals surface area contributed by atoms with Crippen LogP contribution in [0, 0.1) is 17.7 Å². The Morgan fingerprint density at radius 1 is 1.07 bits per heavy atom. The Morgan fingerprint density at radius 3 is 2.00 bits per heavy atom. The fourth-order valence-corrected chi connectivity index (χ4v) is 1.32. The second-order valence-corrected chi connectivity index (χ2v) is 5.15. The molecule has 1 saturated heterocycles. The Hall–Kier alpha value is -0.455. The standard InChI is InChI=1S/C11H17BO2/c1-10(2)11(3,4)14-12(13-10)8-7-9-5-6-9/h9H,5-6H2,1-4H3.